The van der Waals surface area contributed by atoms with Gasteiger partial charge in [0.25, 0.3) is 0 Å². The van der Waals surface area contributed by atoms with Gasteiger partial charge in [-0.25, -0.2) is 0 Å². The average molecular weight is 277 g/mol. The van der Waals surface area contributed by atoms with Crippen LogP contribution in [0.1, 0.15) is 58.4 Å². The SMILES string of the molecule is CCCCC(CC)COc1ccc(CC(N)CC)cc1. The summed E-state index contributed by atoms with van der Waals surface area (Å²) in [6.45, 7) is 7.46. The highest BCUT2D eigenvalue weighted by Crippen LogP contribution is 2.18. The maximum absolute atomic E-state index is 5.97. The quantitative estimate of drug-likeness (QED) is 0.680. The highest BCUT2D eigenvalue weighted by molar-refractivity contribution is 5.27. The second-order valence-corrected chi connectivity index (χ2v) is 5.74. The molecule has 1 aromatic carbocycles. The normalized spacial score (nSPS) is 14.0. The van der Waals surface area contributed by atoms with E-state index < -0.39 is 0 Å². The van der Waals surface area contributed by atoms with Gasteiger partial charge in [0.1, 0.15) is 5.75 Å². The Balaban J connectivity index is 2.40. The zero-order chi connectivity index (χ0) is 14.8. The van der Waals surface area contributed by atoms with Crippen LogP contribution in [0.15, 0.2) is 24.3 Å². The van der Waals surface area contributed by atoms with Gasteiger partial charge in [0, 0.05) is 6.04 Å². The molecule has 0 radical (unpaired) electrons. The lowest BCUT2D eigenvalue weighted by molar-refractivity contribution is 0.233. The van der Waals surface area contributed by atoms with Crippen LogP contribution in [0.4, 0.5) is 0 Å². The summed E-state index contributed by atoms with van der Waals surface area (Å²) in [5.41, 5.74) is 7.27. The molecule has 2 unspecified atom stereocenters. The van der Waals surface area contributed by atoms with E-state index in [4.69, 9.17) is 10.5 Å². The third-order valence-corrected chi connectivity index (χ3v) is 3.97. The zero-order valence-corrected chi connectivity index (χ0v) is 13.4. The molecular weight excluding hydrogens is 246 g/mol. The molecule has 0 bridgehead atoms. The van der Waals surface area contributed by atoms with E-state index in [1.54, 1.807) is 0 Å². The molecule has 1 rings (SSSR count). The molecule has 0 aliphatic carbocycles. The van der Waals surface area contributed by atoms with Crippen molar-refractivity contribution in [2.45, 2.75) is 65.3 Å². The molecule has 0 aliphatic heterocycles. The largest absolute Gasteiger partial charge is 0.493 e. The van der Waals surface area contributed by atoms with E-state index in [0.717, 1.165) is 25.2 Å². The van der Waals surface area contributed by atoms with E-state index in [9.17, 15) is 0 Å². The summed E-state index contributed by atoms with van der Waals surface area (Å²) >= 11 is 0. The van der Waals surface area contributed by atoms with E-state index >= 15 is 0 Å². The van der Waals surface area contributed by atoms with Gasteiger partial charge in [0.05, 0.1) is 6.61 Å². The number of hydrogen-bond acceptors (Lipinski definition) is 2. The molecule has 114 valence electrons. The molecule has 0 saturated carbocycles. The molecule has 0 saturated heterocycles. The van der Waals surface area contributed by atoms with Crippen molar-refractivity contribution < 1.29 is 4.74 Å². The second kappa shape index (κ2) is 9.82. The fraction of sp³-hybridized carbons (Fsp3) is 0.667. The van der Waals surface area contributed by atoms with Crippen LogP contribution in [0.25, 0.3) is 0 Å². The average Bonchev–Trinajstić information content (AvgIpc) is 2.49. The molecule has 0 amide bonds. The van der Waals surface area contributed by atoms with Gasteiger partial charge in [0.15, 0.2) is 0 Å². The molecule has 20 heavy (non-hydrogen) atoms. The highest BCUT2D eigenvalue weighted by Gasteiger charge is 2.07. The Morgan fingerprint density at radius 2 is 1.75 bits per heavy atom. The molecule has 2 atom stereocenters. The maximum Gasteiger partial charge on any atom is 0.119 e. The molecule has 0 aromatic heterocycles. The summed E-state index contributed by atoms with van der Waals surface area (Å²) < 4.78 is 5.91. The minimum atomic E-state index is 0.264. The van der Waals surface area contributed by atoms with Gasteiger partial charge >= 0.3 is 0 Å². The van der Waals surface area contributed by atoms with Gasteiger partial charge in [-0.2, -0.15) is 0 Å². The number of ether oxygens (including phenoxy) is 1. The number of hydrogen-bond donors (Lipinski definition) is 1. The summed E-state index contributed by atoms with van der Waals surface area (Å²) in [7, 11) is 0. The third kappa shape index (κ3) is 6.42. The second-order valence-electron chi connectivity index (χ2n) is 5.74. The summed E-state index contributed by atoms with van der Waals surface area (Å²) in [6, 6.07) is 8.68. The Morgan fingerprint density at radius 3 is 2.30 bits per heavy atom. The molecule has 2 heteroatoms. The van der Waals surface area contributed by atoms with Gasteiger partial charge in [-0.1, -0.05) is 52.2 Å². The van der Waals surface area contributed by atoms with Crippen LogP contribution >= 0.6 is 0 Å². The van der Waals surface area contributed by atoms with Crippen LogP contribution in [0.3, 0.4) is 0 Å². The van der Waals surface area contributed by atoms with Gasteiger partial charge in [-0.15, -0.1) is 0 Å². The van der Waals surface area contributed by atoms with Crippen molar-refractivity contribution >= 4 is 0 Å². The molecule has 2 N–H and O–H groups in total. The lowest BCUT2D eigenvalue weighted by atomic mass is 10.0. The number of nitrogens with two attached hydrogens (primary N) is 1. The molecule has 0 fully saturated rings. The van der Waals surface area contributed by atoms with Crippen LogP contribution in [-0.2, 0) is 6.42 Å². The van der Waals surface area contributed by atoms with Crippen LogP contribution in [0.2, 0.25) is 0 Å². The Bertz CT molecular complexity index is 347. The van der Waals surface area contributed by atoms with Crippen LogP contribution in [0, 0.1) is 5.92 Å². The smallest absolute Gasteiger partial charge is 0.119 e. The number of benzene rings is 1. The fourth-order valence-electron chi connectivity index (χ4n) is 2.28. The van der Waals surface area contributed by atoms with Crippen molar-refractivity contribution in [1.29, 1.82) is 0 Å². The molecule has 0 spiro atoms. The number of rotatable bonds is 10. The molecular formula is C18H31NO. The first-order valence-corrected chi connectivity index (χ1v) is 8.16. The van der Waals surface area contributed by atoms with E-state index in [0.29, 0.717) is 5.92 Å². The predicted octanol–water partition coefficient (Wildman–Crippen LogP) is 4.56. The van der Waals surface area contributed by atoms with Crippen molar-refractivity contribution in [3.05, 3.63) is 29.8 Å². The van der Waals surface area contributed by atoms with Crippen LogP contribution in [-0.4, -0.2) is 12.6 Å². The topological polar surface area (TPSA) is 35.2 Å². The summed E-state index contributed by atoms with van der Waals surface area (Å²) in [5, 5.41) is 0. The van der Waals surface area contributed by atoms with Crippen molar-refractivity contribution in [1.82, 2.24) is 0 Å². The van der Waals surface area contributed by atoms with E-state index in [1.165, 1.54) is 31.2 Å². The van der Waals surface area contributed by atoms with Gasteiger partial charge in [-0.05, 0) is 42.9 Å². The van der Waals surface area contributed by atoms with E-state index in [-0.39, 0.29) is 6.04 Å². The van der Waals surface area contributed by atoms with E-state index in [1.807, 2.05) is 0 Å². The maximum atomic E-state index is 5.97. The minimum Gasteiger partial charge on any atom is -0.493 e. The highest BCUT2D eigenvalue weighted by atomic mass is 16.5. The summed E-state index contributed by atoms with van der Waals surface area (Å²) in [5.74, 6) is 1.66. The van der Waals surface area contributed by atoms with Crippen molar-refractivity contribution in [3.8, 4) is 5.75 Å². The molecule has 1 aromatic rings. The van der Waals surface area contributed by atoms with Gasteiger partial charge in [-0.3, -0.25) is 0 Å². The fourth-order valence-corrected chi connectivity index (χ4v) is 2.28. The first-order chi connectivity index (χ1) is 9.69. The Labute approximate surface area is 124 Å². The van der Waals surface area contributed by atoms with Gasteiger partial charge in [0.2, 0.25) is 0 Å². The summed E-state index contributed by atoms with van der Waals surface area (Å²) in [4.78, 5) is 0. The molecule has 0 aliphatic rings. The van der Waals surface area contributed by atoms with Crippen LogP contribution < -0.4 is 10.5 Å². The summed E-state index contributed by atoms with van der Waals surface area (Å²) in [6.07, 6.45) is 7.01. The van der Waals surface area contributed by atoms with Crippen molar-refractivity contribution in [2.75, 3.05) is 6.61 Å². The Hall–Kier alpha value is -1.02. The first kappa shape index (κ1) is 17.0. The third-order valence-electron chi connectivity index (χ3n) is 3.97. The van der Waals surface area contributed by atoms with Crippen molar-refractivity contribution in [3.63, 3.8) is 0 Å². The minimum absolute atomic E-state index is 0.264. The lowest BCUT2D eigenvalue weighted by Crippen LogP contribution is -2.21. The van der Waals surface area contributed by atoms with Gasteiger partial charge < -0.3 is 10.5 Å². The van der Waals surface area contributed by atoms with Crippen LogP contribution in [0.5, 0.6) is 5.75 Å². The van der Waals surface area contributed by atoms with E-state index in [2.05, 4.69) is 45.0 Å². The monoisotopic (exact) mass is 277 g/mol. The predicted molar refractivity (Wildman–Crippen MR) is 87.2 cm³/mol. The van der Waals surface area contributed by atoms with Crippen molar-refractivity contribution in [2.24, 2.45) is 11.7 Å². The Kier molecular flexibility index (Phi) is 8.36. The molecule has 2 nitrogen and oxygen atoms in total. The Morgan fingerprint density at radius 1 is 1.05 bits per heavy atom. The molecule has 0 heterocycles. The lowest BCUT2D eigenvalue weighted by Gasteiger charge is -2.16. The zero-order valence-electron chi connectivity index (χ0n) is 13.4. The first-order valence-electron chi connectivity index (χ1n) is 8.16. The number of unbranched alkanes of at least 4 members (excludes halogenated alkanes) is 1. The standard InChI is InChI=1S/C18H31NO/c1-4-7-8-15(5-2)14-20-18-11-9-16(10-12-18)13-17(19)6-3/h9-12,15,17H,4-8,13-14,19H2,1-3H3.